The Balaban J connectivity index is 2.83. The van der Waals surface area contributed by atoms with E-state index in [1.807, 2.05) is 13.1 Å². The molecule has 0 radical (unpaired) electrons. The second-order valence-corrected chi connectivity index (χ2v) is 4.47. The smallest absolute Gasteiger partial charge is 0.142 e. The lowest BCUT2D eigenvalue weighted by Crippen LogP contribution is -2.38. The van der Waals surface area contributed by atoms with Crippen molar-refractivity contribution in [2.24, 2.45) is 0 Å². The van der Waals surface area contributed by atoms with Crippen LogP contribution in [0.3, 0.4) is 0 Å². The summed E-state index contributed by atoms with van der Waals surface area (Å²) >= 11 is 5.60. The van der Waals surface area contributed by atoms with Gasteiger partial charge in [-0.1, -0.05) is 17.7 Å². The van der Waals surface area contributed by atoms with Gasteiger partial charge in [0.05, 0.1) is 5.02 Å². The minimum atomic E-state index is -0.351. The molecule has 0 aliphatic heterocycles. The van der Waals surface area contributed by atoms with Crippen LogP contribution >= 0.6 is 11.6 Å². The maximum Gasteiger partial charge on any atom is 0.142 e. The first-order chi connectivity index (χ1) is 6.44. The van der Waals surface area contributed by atoms with Crippen molar-refractivity contribution in [3.05, 3.63) is 34.6 Å². The summed E-state index contributed by atoms with van der Waals surface area (Å²) in [4.78, 5) is 0. The van der Waals surface area contributed by atoms with Crippen LogP contribution in [0.15, 0.2) is 18.2 Å². The molecule has 0 spiro atoms. The first-order valence-electron chi connectivity index (χ1n) is 4.57. The first-order valence-corrected chi connectivity index (χ1v) is 4.95. The van der Waals surface area contributed by atoms with Gasteiger partial charge >= 0.3 is 0 Å². The van der Waals surface area contributed by atoms with E-state index in [0.717, 1.165) is 12.0 Å². The molecule has 0 saturated carbocycles. The number of likely N-dealkylation sites (N-methyl/N-ethyl adjacent to an activating group) is 1. The van der Waals surface area contributed by atoms with Gasteiger partial charge in [0, 0.05) is 5.54 Å². The molecule has 1 aromatic carbocycles. The Bertz CT molecular complexity index is 323. The molecule has 1 N–H and O–H groups in total. The third-order valence-corrected chi connectivity index (χ3v) is 2.61. The van der Waals surface area contributed by atoms with E-state index in [1.54, 1.807) is 6.07 Å². The fraction of sp³-hybridized carbons (Fsp3) is 0.455. The summed E-state index contributed by atoms with van der Waals surface area (Å²) in [6.45, 7) is 4.14. The Morgan fingerprint density at radius 2 is 2.07 bits per heavy atom. The summed E-state index contributed by atoms with van der Waals surface area (Å²) < 4.78 is 13.1. The zero-order valence-corrected chi connectivity index (χ0v) is 9.45. The molecule has 0 aliphatic carbocycles. The highest BCUT2D eigenvalue weighted by molar-refractivity contribution is 6.30. The molecule has 0 atom stereocenters. The van der Waals surface area contributed by atoms with Gasteiger partial charge in [0.2, 0.25) is 0 Å². The minimum absolute atomic E-state index is 0.0275. The molecule has 14 heavy (non-hydrogen) atoms. The summed E-state index contributed by atoms with van der Waals surface area (Å²) in [7, 11) is 1.90. The molecule has 3 heteroatoms. The van der Waals surface area contributed by atoms with Gasteiger partial charge in [-0.05, 0) is 45.0 Å². The lowest BCUT2D eigenvalue weighted by molar-refractivity contribution is 0.421. The molecule has 1 aromatic rings. The topological polar surface area (TPSA) is 12.0 Å². The molecule has 0 saturated heterocycles. The Morgan fingerprint density at radius 1 is 1.43 bits per heavy atom. The van der Waals surface area contributed by atoms with Crippen molar-refractivity contribution in [1.82, 2.24) is 5.32 Å². The van der Waals surface area contributed by atoms with Crippen LogP contribution < -0.4 is 5.32 Å². The van der Waals surface area contributed by atoms with Crippen molar-refractivity contribution in [3.8, 4) is 0 Å². The van der Waals surface area contributed by atoms with Gasteiger partial charge in [0.1, 0.15) is 5.82 Å². The van der Waals surface area contributed by atoms with E-state index >= 15 is 0 Å². The molecule has 0 bridgehead atoms. The van der Waals surface area contributed by atoms with Crippen LogP contribution in [0.4, 0.5) is 4.39 Å². The molecule has 1 nitrogen and oxygen atoms in total. The predicted octanol–water partition coefficient (Wildman–Crippen LogP) is 3.02. The highest BCUT2D eigenvalue weighted by Crippen LogP contribution is 2.18. The van der Waals surface area contributed by atoms with Crippen molar-refractivity contribution >= 4 is 11.6 Å². The van der Waals surface area contributed by atoms with E-state index in [2.05, 4.69) is 19.2 Å². The van der Waals surface area contributed by atoms with Crippen molar-refractivity contribution in [1.29, 1.82) is 0 Å². The van der Waals surface area contributed by atoms with E-state index < -0.39 is 0 Å². The van der Waals surface area contributed by atoms with Gasteiger partial charge in [-0.3, -0.25) is 0 Å². The van der Waals surface area contributed by atoms with Crippen LogP contribution in [-0.2, 0) is 6.42 Å². The SMILES string of the molecule is CNC(C)(C)Cc1ccc(Cl)c(F)c1. The van der Waals surface area contributed by atoms with Crippen molar-refractivity contribution in [3.63, 3.8) is 0 Å². The average Bonchev–Trinajstić information content (AvgIpc) is 2.11. The molecule has 0 unspecified atom stereocenters. The van der Waals surface area contributed by atoms with Crippen LogP contribution in [0.25, 0.3) is 0 Å². The predicted molar refractivity (Wildman–Crippen MR) is 58.3 cm³/mol. The fourth-order valence-corrected chi connectivity index (χ4v) is 1.37. The lowest BCUT2D eigenvalue weighted by Gasteiger charge is -2.24. The van der Waals surface area contributed by atoms with E-state index in [1.165, 1.54) is 6.07 Å². The molecule has 1 rings (SSSR count). The lowest BCUT2D eigenvalue weighted by atomic mass is 9.95. The summed E-state index contributed by atoms with van der Waals surface area (Å²) in [5.41, 5.74) is 0.923. The van der Waals surface area contributed by atoms with E-state index in [4.69, 9.17) is 11.6 Å². The van der Waals surface area contributed by atoms with E-state index in [-0.39, 0.29) is 16.4 Å². The van der Waals surface area contributed by atoms with Crippen LogP contribution in [0, 0.1) is 5.82 Å². The van der Waals surface area contributed by atoms with Gasteiger partial charge in [0.25, 0.3) is 0 Å². The highest BCUT2D eigenvalue weighted by Gasteiger charge is 2.15. The van der Waals surface area contributed by atoms with Gasteiger partial charge < -0.3 is 5.32 Å². The van der Waals surface area contributed by atoms with Crippen LogP contribution in [0.1, 0.15) is 19.4 Å². The van der Waals surface area contributed by atoms with Gasteiger partial charge in [-0.15, -0.1) is 0 Å². The molecule has 0 aromatic heterocycles. The number of hydrogen-bond acceptors (Lipinski definition) is 1. The van der Waals surface area contributed by atoms with Gasteiger partial charge in [0.15, 0.2) is 0 Å². The highest BCUT2D eigenvalue weighted by atomic mass is 35.5. The average molecular weight is 216 g/mol. The van der Waals surface area contributed by atoms with E-state index in [9.17, 15) is 4.39 Å². The van der Waals surface area contributed by atoms with Crippen molar-refractivity contribution in [2.75, 3.05) is 7.05 Å². The van der Waals surface area contributed by atoms with E-state index in [0.29, 0.717) is 0 Å². The molecule has 0 heterocycles. The maximum absolute atomic E-state index is 13.1. The molecule has 0 fully saturated rings. The summed E-state index contributed by atoms with van der Waals surface area (Å²) in [5, 5.41) is 3.35. The monoisotopic (exact) mass is 215 g/mol. The number of rotatable bonds is 3. The van der Waals surface area contributed by atoms with Gasteiger partial charge in [-0.2, -0.15) is 0 Å². The van der Waals surface area contributed by atoms with Crippen LogP contribution in [0.2, 0.25) is 5.02 Å². The Morgan fingerprint density at radius 3 is 2.57 bits per heavy atom. The standard InChI is InChI=1S/C11H15ClFN/c1-11(2,14-3)7-8-4-5-9(12)10(13)6-8/h4-6,14H,7H2,1-3H3. The zero-order chi connectivity index (χ0) is 10.8. The largest absolute Gasteiger partial charge is 0.314 e. The fourth-order valence-electron chi connectivity index (χ4n) is 1.25. The molecule has 0 aliphatic rings. The Hall–Kier alpha value is -0.600. The third kappa shape index (κ3) is 2.96. The second kappa shape index (κ2) is 4.28. The van der Waals surface area contributed by atoms with Crippen molar-refractivity contribution in [2.45, 2.75) is 25.8 Å². The molecular weight excluding hydrogens is 201 g/mol. The first kappa shape index (κ1) is 11.5. The summed E-state index contributed by atoms with van der Waals surface area (Å²) in [6.07, 6.45) is 0.775. The van der Waals surface area contributed by atoms with Gasteiger partial charge in [-0.25, -0.2) is 4.39 Å². The normalized spacial score (nSPS) is 11.8. The number of halogens is 2. The Labute approximate surface area is 89.3 Å². The Kier molecular flexibility index (Phi) is 3.51. The zero-order valence-electron chi connectivity index (χ0n) is 8.70. The summed E-state index contributed by atoms with van der Waals surface area (Å²) in [6, 6.07) is 4.93. The third-order valence-electron chi connectivity index (χ3n) is 2.31. The number of nitrogens with one attached hydrogen (secondary N) is 1. The number of benzene rings is 1. The van der Waals surface area contributed by atoms with Crippen LogP contribution in [-0.4, -0.2) is 12.6 Å². The second-order valence-electron chi connectivity index (χ2n) is 4.06. The minimum Gasteiger partial charge on any atom is -0.314 e. The van der Waals surface area contributed by atoms with Crippen LogP contribution in [0.5, 0.6) is 0 Å². The quantitative estimate of drug-likeness (QED) is 0.818. The molecule has 78 valence electrons. The number of hydrogen-bond donors (Lipinski definition) is 1. The summed E-state index contributed by atoms with van der Waals surface area (Å²) in [5.74, 6) is -0.351. The van der Waals surface area contributed by atoms with Crippen molar-refractivity contribution < 1.29 is 4.39 Å². The maximum atomic E-state index is 13.1. The molecular formula is C11H15ClFN. The molecule has 0 amide bonds.